The van der Waals surface area contributed by atoms with Gasteiger partial charge >= 0.3 is 0 Å². The Morgan fingerprint density at radius 1 is 1.55 bits per heavy atom. The third-order valence-corrected chi connectivity index (χ3v) is 4.67. The fourth-order valence-electron chi connectivity index (χ4n) is 2.01. The molecule has 22 heavy (non-hydrogen) atoms. The molecule has 2 rings (SSSR count). The van der Waals surface area contributed by atoms with Crippen LogP contribution in [0.15, 0.2) is 17.8 Å². The molecular weight excluding hydrogens is 298 g/mol. The zero-order valence-electron chi connectivity index (χ0n) is 13.5. The van der Waals surface area contributed by atoms with Gasteiger partial charge in [0, 0.05) is 43.3 Å². The molecule has 0 aromatic carbocycles. The van der Waals surface area contributed by atoms with Gasteiger partial charge in [-0.3, -0.25) is 9.48 Å². The third-order valence-electron chi connectivity index (χ3n) is 3.78. The van der Waals surface area contributed by atoms with Crippen LogP contribution in [0, 0.1) is 0 Å². The van der Waals surface area contributed by atoms with Crippen LogP contribution >= 0.6 is 11.3 Å². The highest BCUT2D eigenvalue weighted by Gasteiger charge is 2.13. The Morgan fingerprint density at radius 3 is 2.95 bits per heavy atom. The number of carbonyl (C=O) groups is 1. The van der Waals surface area contributed by atoms with E-state index in [2.05, 4.69) is 41.2 Å². The molecule has 1 atom stereocenters. The molecule has 0 aliphatic carbocycles. The minimum Gasteiger partial charge on any atom is -0.349 e. The summed E-state index contributed by atoms with van der Waals surface area (Å²) in [5.74, 6) is -0.121. The number of hydrogen-bond acceptors (Lipinski definition) is 5. The first-order chi connectivity index (χ1) is 10.5. The van der Waals surface area contributed by atoms with E-state index in [1.54, 1.807) is 16.3 Å². The lowest BCUT2D eigenvalue weighted by Crippen LogP contribution is -2.37. The Bertz CT molecular complexity index is 621. The van der Waals surface area contributed by atoms with Gasteiger partial charge in [0.15, 0.2) is 0 Å². The number of nitrogens with one attached hydrogen (secondary N) is 1. The summed E-state index contributed by atoms with van der Waals surface area (Å²) in [4.78, 5) is 18.7. The number of likely N-dealkylation sites (N-methyl/N-ethyl adjacent to an activating group) is 1. The summed E-state index contributed by atoms with van der Waals surface area (Å²) in [7, 11) is 3.93. The number of carbonyl (C=O) groups excluding carboxylic acids is 1. The molecule has 0 aliphatic rings. The second kappa shape index (κ2) is 7.51. The lowest BCUT2D eigenvalue weighted by atomic mass is 10.2. The van der Waals surface area contributed by atoms with E-state index in [9.17, 15) is 4.79 Å². The molecule has 0 fully saturated rings. The Labute approximate surface area is 135 Å². The minimum absolute atomic E-state index is 0.121. The number of aromatic nitrogens is 3. The highest BCUT2D eigenvalue weighted by atomic mass is 32.1. The van der Waals surface area contributed by atoms with Crippen LogP contribution in [0.4, 0.5) is 0 Å². The number of aryl methyl sites for hydroxylation is 1. The normalized spacial score (nSPS) is 12.6. The van der Waals surface area contributed by atoms with Crippen LogP contribution < -0.4 is 5.32 Å². The van der Waals surface area contributed by atoms with Gasteiger partial charge in [0.2, 0.25) is 0 Å². The van der Waals surface area contributed by atoms with Crippen molar-refractivity contribution in [2.45, 2.75) is 26.3 Å². The monoisotopic (exact) mass is 321 g/mol. The molecular formula is C15H23N5OS. The van der Waals surface area contributed by atoms with Gasteiger partial charge < -0.3 is 10.2 Å². The largest absolute Gasteiger partial charge is 0.349 e. The van der Waals surface area contributed by atoms with Crippen molar-refractivity contribution in [2.75, 3.05) is 20.1 Å². The van der Waals surface area contributed by atoms with Crippen molar-refractivity contribution >= 4 is 17.2 Å². The Hall–Kier alpha value is -1.73. The minimum atomic E-state index is -0.121. The molecule has 1 amide bonds. The zero-order chi connectivity index (χ0) is 16.1. The first-order valence-electron chi connectivity index (χ1n) is 7.44. The quantitative estimate of drug-likeness (QED) is 0.847. The van der Waals surface area contributed by atoms with Gasteiger partial charge in [-0.05, 0) is 20.4 Å². The van der Waals surface area contributed by atoms with Crippen LogP contribution in [-0.2, 0) is 7.05 Å². The van der Waals surface area contributed by atoms with Crippen molar-refractivity contribution in [1.82, 2.24) is 25.0 Å². The average molecular weight is 321 g/mol. The molecule has 1 N–H and O–H groups in total. The smallest absolute Gasteiger partial charge is 0.270 e. The van der Waals surface area contributed by atoms with Gasteiger partial charge in [0.05, 0.1) is 6.20 Å². The number of rotatable bonds is 7. The summed E-state index contributed by atoms with van der Waals surface area (Å²) >= 11 is 1.46. The predicted octanol–water partition coefficient (Wildman–Crippen LogP) is 2.00. The highest BCUT2D eigenvalue weighted by Crippen LogP contribution is 2.22. The fourth-order valence-corrected chi connectivity index (χ4v) is 2.79. The summed E-state index contributed by atoms with van der Waals surface area (Å²) in [6, 6.07) is 0.522. The van der Waals surface area contributed by atoms with Gasteiger partial charge in [0.1, 0.15) is 10.7 Å². The third kappa shape index (κ3) is 4.14. The SMILES string of the molecule is CC[C@H](C)N(C)CCNC(=O)c1csc(-c2cnn(C)c2)n1. The average Bonchev–Trinajstić information content (AvgIpc) is 3.14. The van der Waals surface area contributed by atoms with Crippen molar-refractivity contribution in [2.24, 2.45) is 7.05 Å². The van der Waals surface area contributed by atoms with Crippen LogP contribution in [0.1, 0.15) is 30.8 Å². The maximum absolute atomic E-state index is 12.1. The molecule has 120 valence electrons. The first kappa shape index (κ1) is 16.6. The predicted molar refractivity (Wildman–Crippen MR) is 89.0 cm³/mol. The van der Waals surface area contributed by atoms with Gasteiger partial charge in [0.25, 0.3) is 5.91 Å². The lowest BCUT2D eigenvalue weighted by molar-refractivity contribution is 0.0943. The van der Waals surface area contributed by atoms with E-state index >= 15 is 0 Å². The molecule has 6 nitrogen and oxygen atoms in total. The molecule has 0 saturated heterocycles. The van der Waals surface area contributed by atoms with E-state index in [1.807, 2.05) is 13.2 Å². The second-order valence-electron chi connectivity index (χ2n) is 5.43. The summed E-state index contributed by atoms with van der Waals surface area (Å²) < 4.78 is 1.72. The molecule has 2 aromatic rings. The molecule has 0 saturated carbocycles. The van der Waals surface area contributed by atoms with Crippen molar-refractivity contribution in [3.63, 3.8) is 0 Å². The molecule has 7 heteroatoms. The van der Waals surface area contributed by atoms with Gasteiger partial charge in [-0.25, -0.2) is 4.98 Å². The fraction of sp³-hybridized carbons (Fsp3) is 0.533. The standard InChI is InChI=1S/C15H23N5OS/c1-5-11(2)19(3)7-6-16-14(21)13-10-22-15(18-13)12-8-17-20(4)9-12/h8-11H,5-7H2,1-4H3,(H,16,21)/t11-/m0/s1. The molecule has 2 aromatic heterocycles. The molecule has 2 heterocycles. The highest BCUT2D eigenvalue weighted by molar-refractivity contribution is 7.13. The second-order valence-corrected chi connectivity index (χ2v) is 6.29. The van der Waals surface area contributed by atoms with E-state index in [4.69, 9.17) is 0 Å². The van der Waals surface area contributed by atoms with E-state index in [0.717, 1.165) is 23.5 Å². The number of hydrogen-bond donors (Lipinski definition) is 1. The van der Waals surface area contributed by atoms with Crippen molar-refractivity contribution < 1.29 is 4.79 Å². The summed E-state index contributed by atoms with van der Waals surface area (Å²) in [6.07, 6.45) is 4.74. The number of nitrogens with zero attached hydrogens (tertiary/aromatic N) is 4. The molecule has 0 bridgehead atoms. The van der Waals surface area contributed by atoms with Crippen LogP contribution in [0.5, 0.6) is 0 Å². The van der Waals surface area contributed by atoms with Crippen molar-refractivity contribution in [1.29, 1.82) is 0 Å². The topological polar surface area (TPSA) is 63.1 Å². The van der Waals surface area contributed by atoms with Crippen molar-refractivity contribution in [3.05, 3.63) is 23.5 Å². The van der Waals surface area contributed by atoms with Crippen LogP contribution in [0.3, 0.4) is 0 Å². The zero-order valence-corrected chi connectivity index (χ0v) is 14.4. The van der Waals surface area contributed by atoms with Gasteiger partial charge in [-0.1, -0.05) is 6.92 Å². The van der Waals surface area contributed by atoms with Crippen LogP contribution in [-0.4, -0.2) is 51.8 Å². The summed E-state index contributed by atoms with van der Waals surface area (Å²) in [5, 5.41) is 9.64. The Morgan fingerprint density at radius 2 is 2.32 bits per heavy atom. The first-order valence-corrected chi connectivity index (χ1v) is 8.32. The van der Waals surface area contributed by atoms with Gasteiger partial charge in [-0.15, -0.1) is 11.3 Å². The van der Waals surface area contributed by atoms with E-state index in [-0.39, 0.29) is 5.91 Å². The van der Waals surface area contributed by atoms with E-state index < -0.39 is 0 Å². The lowest BCUT2D eigenvalue weighted by Gasteiger charge is -2.23. The Balaban J connectivity index is 1.87. The van der Waals surface area contributed by atoms with E-state index in [1.165, 1.54) is 11.3 Å². The van der Waals surface area contributed by atoms with Gasteiger partial charge in [-0.2, -0.15) is 5.10 Å². The maximum Gasteiger partial charge on any atom is 0.270 e. The van der Waals surface area contributed by atoms with E-state index in [0.29, 0.717) is 18.3 Å². The Kier molecular flexibility index (Phi) is 5.68. The molecule has 0 spiro atoms. The number of thiazole rings is 1. The molecule has 0 radical (unpaired) electrons. The van der Waals surface area contributed by atoms with Crippen LogP contribution in [0.2, 0.25) is 0 Å². The maximum atomic E-state index is 12.1. The molecule has 0 unspecified atom stereocenters. The van der Waals surface area contributed by atoms with Crippen molar-refractivity contribution in [3.8, 4) is 10.6 Å². The molecule has 0 aliphatic heterocycles. The van der Waals surface area contributed by atoms with Crippen LogP contribution in [0.25, 0.3) is 10.6 Å². The summed E-state index contributed by atoms with van der Waals surface area (Å²) in [6.45, 7) is 5.80. The number of amides is 1. The summed E-state index contributed by atoms with van der Waals surface area (Å²) in [5.41, 5.74) is 1.40.